The third-order valence-corrected chi connectivity index (χ3v) is 3.66. The van der Waals surface area contributed by atoms with Crippen LogP contribution in [0.4, 0.5) is 5.69 Å². The molecular formula is C17H15NO2. The number of benzene rings is 2. The summed E-state index contributed by atoms with van der Waals surface area (Å²) in [6, 6.07) is 11.4. The molecule has 1 amide bonds. The van der Waals surface area contributed by atoms with Gasteiger partial charge in [0.1, 0.15) is 5.75 Å². The fourth-order valence-corrected chi connectivity index (χ4v) is 2.41. The predicted molar refractivity (Wildman–Crippen MR) is 80.6 cm³/mol. The molecule has 0 spiro atoms. The molecule has 20 heavy (non-hydrogen) atoms. The second kappa shape index (κ2) is 4.53. The van der Waals surface area contributed by atoms with Crippen LogP contribution in [0.3, 0.4) is 0 Å². The maximum Gasteiger partial charge on any atom is 0.255 e. The second-order valence-corrected chi connectivity index (χ2v) is 4.90. The lowest BCUT2D eigenvalue weighted by Gasteiger charge is -2.08. The number of phenolic OH excluding ortho intramolecular Hbond substituents is 1. The van der Waals surface area contributed by atoms with Crippen molar-refractivity contribution in [2.45, 2.75) is 13.3 Å². The van der Waals surface area contributed by atoms with Gasteiger partial charge in [-0.05, 0) is 23.6 Å². The van der Waals surface area contributed by atoms with Gasteiger partial charge in [0.25, 0.3) is 5.91 Å². The maximum absolute atomic E-state index is 11.6. The van der Waals surface area contributed by atoms with Gasteiger partial charge in [-0.3, -0.25) is 4.79 Å². The molecule has 3 nitrogen and oxygen atoms in total. The van der Waals surface area contributed by atoms with E-state index in [0.717, 1.165) is 17.5 Å². The van der Waals surface area contributed by atoms with Crippen LogP contribution < -0.4 is 5.32 Å². The Morgan fingerprint density at radius 3 is 2.50 bits per heavy atom. The summed E-state index contributed by atoms with van der Waals surface area (Å²) in [5.41, 5.74) is 4.69. The molecule has 2 N–H and O–H groups in total. The first-order valence-electron chi connectivity index (χ1n) is 6.57. The Morgan fingerprint density at radius 2 is 1.85 bits per heavy atom. The van der Waals surface area contributed by atoms with E-state index in [9.17, 15) is 9.90 Å². The van der Waals surface area contributed by atoms with Gasteiger partial charge in [-0.1, -0.05) is 37.8 Å². The minimum atomic E-state index is -0.210. The Labute approximate surface area is 117 Å². The first-order valence-corrected chi connectivity index (χ1v) is 6.57. The van der Waals surface area contributed by atoms with Crippen molar-refractivity contribution < 1.29 is 9.90 Å². The lowest BCUT2D eigenvalue weighted by Crippen LogP contribution is -2.02. The molecular weight excluding hydrogens is 250 g/mol. The lowest BCUT2D eigenvalue weighted by molar-refractivity contribution is -0.110. The number of aromatic hydroxyl groups is 1. The molecule has 0 unspecified atom stereocenters. The van der Waals surface area contributed by atoms with E-state index in [1.165, 1.54) is 5.56 Å². The topological polar surface area (TPSA) is 49.3 Å². The Hall–Kier alpha value is -2.55. The number of anilines is 1. The molecule has 100 valence electrons. The van der Waals surface area contributed by atoms with Gasteiger partial charge >= 0.3 is 0 Å². The Balaban J connectivity index is 2.10. The van der Waals surface area contributed by atoms with Crippen molar-refractivity contribution >= 4 is 17.2 Å². The molecule has 0 fully saturated rings. The van der Waals surface area contributed by atoms with Gasteiger partial charge in [0.05, 0.1) is 5.69 Å². The van der Waals surface area contributed by atoms with Gasteiger partial charge < -0.3 is 10.4 Å². The average molecular weight is 265 g/mol. The van der Waals surface area contributed by atoms with Gasteiger partial charge in [-0.25, -0.2) is 0 Å². The summed E-state index contributed by atoms with van der Waals surface area (Å²) >= 11 is 0. The molecule has 0 bridgehead atoms. The summed E-state index contributed by atoms with van der Waals surface area (Å²) in [6.07, 6.45) is 0.978. The van der Waals surface area contributed by atoms with E-state index in [-0.39, 0.29) is 11.7 Å². The van der Waals surface area contributed by atoms with Crippen molar-refractivity contribution in [1.82, 2.24) is 0 Å². The normalized spacial score (nSPS) is 13.2. The SMILES string of the molecule is C=C1C(=O)Nc2cc(O)c(-c3ccc(CC)cc3)cc21. The van der Waals surface area contributed by atoms with Crippen molar-refractivity contribution in [3.63, 3.8) is 0 Å². The first kappa shape index (κ1) is 12.5. The second-order valence-electron chi connectivity index (χ2n) is 4.90. The number of rotatable bonds is 2. The molecule has 3 heteroatoms. The van der Waals surface area contributed by atoms with Gasteiger partial charge in [0.15, 0.2) is 0 Å². The van der Waals surface area contributed by atoms with E-state index in [2.05, 4.69) is 18.8 Å². The number of aryl methyl sites for hydroxylation is 1. The number of hydrogen-bond acceptors (Lipinski definition) is 2. The molecule has 0 atom stereocenters. The summed E-state index contributed by atoms with van der Waals surface area (Å²) in [6.45, 7) is 5.88. The number of amides is 1. The number of carbonyl (C=O) groups excluding carboxylic acids is 1. The van der Waals surface area contributed by atoms with Crippen LogP contribution in [0, 0.1) is 0 Å². The molecule has 0 saturated carbocycles. The highest BCUT2D eigenvalue weighted by Crippen LogP contribution is 2.39. The van der Waals surface area contributed by atoms with Crippen molar-refractivity contribution in [2.24, 2.45) is 0 Å². The summed E-state index contributed by atoms with van der Waals surface area (Å²) in [5.74, 6) is -0.0547. The predicted octanol–water partition coefficient (Wildman–Crippen LogP) is 3.59. The van der Waals surface area contributed by atoms with Crippen LogP contribution >= 0.6 is 0 Å². The fourth-order valence-electron chi connectivity index (χ4n) is 2.41. The minimum absolute atomic E-state index is 0.156. The highest BCUT2D eigenvalue weighted by atomic mass is 16.3. The molecule has 1 aliphatic heterocycles. The van der Waals surface area contributed by atoms with E-state index in [0.29, 0.717) is 16.8 Å². The van der Waals surface area contributed by atoms with Crippen LogP contribution in [-0.4, -0.2) is 11.0 Å². The van der Waals surface area contributed by atoms with Crippen molar-refractivity contribution in [3.8, 4) is 16.9 Å². The monoisotopic (exact) mass is 265 g/mol. The average Bonchev–Trinajstić information content (AvgIpc) is 2.73. The molecule has 3 rings (SSSR count). The van der Waals surface area contributed by atoms with Crippen LogP contribution in [0.2, 0.25) is 0 Å². The van der Waals surface area contributed by atoms with Crippen molar-refractivity contribution in [3.05, 3.63) is 54.1 Å². The van der Waals surface area contributed by atoms with E-state index < -0.39 is 0 Å². The van der Waals surface area contributed by atoms with E-state index >= 15 is 0 Å². The Bertz CT molecular complexity index is 715. The fraction of sp³-hybridized carbons (Fsp3) is 0.118. The largest absolute Gasteiger partial charge is 0.507 e. The molecule has 0 radical (unpaired) electrons. The van der Waals surface area contributed by atoms with E-state index in [1.54, 1.807) is 6.07 Å². The number of fused-ring (bicyclic) bond motifs is 1. The smallest absolute Gasteiger partial charge is 0.255 e. The summed E-state index contributed by atoms with van der Waals surface area (Å²) in [7, 11) is 0. The van der Waals surface area contributed by atoms with E-state index in [1.807, 2.05) is 30.3 Å². The van der Waals surface area contributed by atoms with Crippen LogP contribution in [0.1, 0.15) is 18.1 Å². The molecule has 0 saturated heterocycles. The lowest BCUT2D eigenvalue weighted by atomic mass is 9.98. The summed E-state index contributed by atoms with van der Waals surface area (Å²) in [5, 5.41) is 12.8. The van der Waals surface area contributed by atoms with E-state index in [4.69, 9.17) is 0 Å². The minimum Gasteiger partial charge on any atom is -0.507 e. The molecule has 0 aliphatic carbocycles. The summed E-state index contributed by atoms with van der Waals surface area (Å²) in [4.78, 5) is 11.6. The standard InChI is InChI=1S/C17H15NO2/c1-3-11-4-6-12(7-5-11)14-8-13-10(2)17(20)18-15(13)9-16(14)19/h4-9,19H,2-3H2,1H3,(H,18,20). The molecule has 1 aliphatic rings. The molecule has 1 heterocycles. The molecule has 2 aromatic carbocycles. The number of nitrogens with one attached hydrogen (secondary N) is 1. The van der Waals surface area contributed by atoms with Crippen LogP contribution in [0.15, 0.2) is 43.0 Å². The van der Waals surface area contributed by atoms with Gasteiger partial charge in [-0.15, -0.1) is 0 Å². The zero-order chi connectivity index (χ0) is 14.3. The highest BCUT2D eigenvalue weighted by Gasteiger charge is 2.24. The number of phenols is 1. The zero-order valence-corrected chi connectivity index (χ0v) is 11.2. The number of carbonyl (C=O) groups is 1. The zero-order valence-electron chi connectivity index (χ0n) is 11.2. The maximum atomic E-state index is 11.6. The van der Waals surface area contributed by atoms with Crippen LogP contribution in [0.5, 0.6) is 5.75 Å². The Morgan fingerprint density at radius 1 is 1.15 bits per heavy atom. The molecule has 0 aromatic heterocycles. The third kappa shape index (κ3) is 1.88. The summed E-state index contributed by atoms with van der Waals surface area (Å²) < 4.78 is 0. The van der Waals surface area contributed by atoms with Crippen molar-refractivity contribution in [2.75, 3.05) is 5.32 Å². The van der Waals surface area contributed by atoms with Crippen LogP contribution in [0.25, 0.3) is 16.7 Å². The van der Waals surface area contributed by atoms with Gasteiger partial charge in [0, 0.05) is 22.8 Å². The quantitative estimate of drug-likeness (QED) is 0.815. The van der Waals surface area contributed by atoms with Crippen molar-refractivity contribution in [1.29, 1.82) is 0 Å². The highest BCUT2D eigenvalue weighted by molar-refractivity contribution is 6.31. The third-order valence-electron chi connectivity index (χ3n) is 3.66. The molecule has 2 aromatic rings. The van der Waals surface area contributed by atoms with Gasteiger partial charge in [-0.2, -0.15) is 0 Å². The van der Waals surface area contributed by atoms with Crippen LogP contribution in [-0.2, 0) is 11.2 Å². The first-order chi connectivity index (χ1) is 9.60. The van der Waals surface area contributed by atoms with Gasteiger partial charge in [0.2, 0.25) is 0 Å². The number of hydrogen-bond donors (Lipinski definition) is 2. The Kier molecular flexibility index (Phi) is 2.83.